The maximum atomic E-state index is 12.2. The van der Waals surface area contributed by atoms with Gasteiger partial charge in [0.2, 0.25) is 0 Å². The highest BCUT2D eigenvalue weighted by atomic mass is 16.5. The molecular weight excluding hydrogens is 266 g/mol. The number of aromatic carboxylic acids is 1. The monoisotopic (exact) mass is 283 g/mol. The minimum atomic E-state index is -1.14. The van der Waals surface area contributed by atoms with E-state index in [-0.39, 0.29) is 24.6 Å². The molecule has 1 atom stereocenters. The SMILES string of the molecule is Cc1cc(NC(=O)N2CCOCC2CO)c(C(=O)O)[nH]1. The molecule has 8 nitrogen and oxygen atoms in total. The molecule has 0 saturated carbocycles. The number of carboxylic acids is 1. The largest absolute Gasteiger partial charge is 0.477 e. The number of H-pyrrole nitrogens is 1. The maximum Gasteiger partial charge on any atom is 0.354 e. The number of hydrogen-bond acceptors (Lipinski definition) is 4. The molecule has 0 aromatic carbocycles. The van der Waals surface area contributed by atoms with Crippen LogP contribution in [0.5, 0.6) is 0 Å². The Morgan fingerprint density at radius 1 is 1.60 bits per heavy atom. The number of hydrogen-bond donors (Lipinski definition) is 4. The molecule has 1 saturated heterocycles. The van der Waals surface area contributed by atoms with Crippen molar-refractivity contribution < 1.29 is 24.5 Å². The second kappa shape index (κ2) is 5.93. The van der Waals surface area contributed by atoms with E-state index >= 15 is 0 Å². The van der Waals surface area contributed by atoms with Crippen molar-refractivity contribution >= 4 is 17.7 Å². The Labute approximate surface area is 115 Å². The van der Waals surface area contributed by atoms with Crippen LogP contribution in [0.15, 0.2) is 6.07 Å². The zero-order chi connectivity index (χ0) is 14.7. The maximum absolute atomic E-state index is 12.2. The van der Waals surface area contributed by atoms with Crippen LogP contribution in [0.2, 0.25) is 0 Å². The second-order valence-corrected chi connectivity index (χ2v) is 4.58. The minimum Gasteiger partial charge on any atom is -0.477 e. The van der Waals surface area contributed by atoms with E-state index in [0.29, 0.717) is 18.8 Å². The van der Waals surface area contributed by atoms with Gasteiger partial charge in [0.1, 0.15) is 5.69 Å². The van der Waals surface area contributed by atoms with Crippen molar-refractivity contribution in [3.63, 3.8) is 0 Å². The topological polar surface area (TPSA) is 115 Å². The lowest BCUT2D eigenvalue weighted by molar-refractivity contribution is -0.00485. The summed E-state index contributed by atoms with van der Waals surface area (Å²) >= 11 is 0. The molecule has 2 heterocycles. The number of aromatic amines is 1. The van der Waals surface area contributed by atoms with Crippen molar-refractivity contribution in [1.29, 1.82) is 0 Å². The van der Waals surface area contributed by atoms with Gasteiger partial charge in [-0.25, -0.2) is 9.59 Å². The first-order valence-corrected chi connectivity index (χ1v) is 6.22. The van der Waals surface area contributed by atoms with Crippen LogP contribution in [0.25, 0.3) is 0 Å². The van der Waals surface area contributed by atoms with Crippen molar-refractivity contribution in [3.05, 3.63) is 17.5 Å². The van der Waals surface area contributed by atoms with Crippen LogP contribution in [0.3, 0.4) is 0 Å². The van der Waals surface area contributed by atoms with E-state index in [0.717, 1.165) is 0 Å². The fourth-order valence-corrected chi connectivity index (χ4v) is 2.12. The lowest BCUT2D eigenvalue weighted by Crippen LogP contribution is -2.52. The minimum absolute atomic E-state index is 0.0651. The zero-order valence-corrected chi connectivity index (χ0v) is 11.0. The van der Waals surface area contributed by atoms with Crippen molar-refractivity contribution in [3.8, 4) is 0 Å². The molecule has 2 rings (SSSR count). The van der Waals surface area contributed by atoms with Crippen molar-refractivity contribution in [1.82, 2.24) is 9.88 Å². The summed E-state index contributed by atoms with van der Waals surface area (Å²) in [6.07, 6.45) is 0. The zero-order valence-electron chi connectivity index (χ0n) is 11.0. The molecule has 8 heteroatoms. The Hall–Kier alpha value is -2.06. The molecule has 0 aliphatic carbocycles. The van der Waals surface area contributed by atoms with Crippen LogP contribution in [0.1, 0.15) is 16.2 Å². The summed E-state index contributed by atoms with van der Waals surface area (Å²) in [6.45, 7) is 2.51. The Kier molecular flexibility index (Phi) is 4.26. The normalized spacial score (nSPS) is 18.9. The average molecular weight is 283 g/mol. The number of ether oxygens (including phenoxy) is 1. The van der Waals surface area contributed by atoms with Gasteiger partial charge in [-0.1, -0.05) is 0 Å². The van der Waals surface area contributed by atoms with Crippen molar-refractivity contribution in [2.24, 2.45) is 0 Å². The van der Waals surface area contributed by atoms with E-state index in [1.807, 2.05) is 0 Å². The quantitative estimate of drug-likeness (QED) is 0.634. The first kappa shape index (κ1) is 14.4. The molecule has 1 fully saturated rings. The molecule has 1 aliphatic heterocycles. The number of aryl methyl sites for hydroxylation is 1. The molecule has 110 valence electrons. The molecule has 1 aliphatic rings. The molecule has 0 bridgehead atoms. The van der Waals surface area contributed by atoms with Gasteiger partial charge in [-0.05, 0) is 13.0 Å². The number of nitrogens with zero attached hydrogens (tertiary/aromatic N) is 1. The summed E-state index contributed by atoms with van der Waals surface area (Å²) in [4.78, 5) is 27.3. The fraction of sp³-hybridized carbons (Fsp3) is 0.500. The predicted molar refractivity (Wildman–Crippen MR) is 69.9 cm³/mol. The third-order valence-corrected chi connectivity index (χ3v) is 3.11. The van der Waals surface area contributed by atoms with Gasteiger partial charge in [0.05, 0.1) is 31.5 Å². The number of carbonyl (C=O) groups excluding carboxylic acids is 1. The smallest absolute Gasteiger partial charge is 0.354 e. The van der Waals surface area contributed by atoms with E-state index in [4.69, 9.17) is 9.84 Å². The summed E-state index contributed by atoms with van der Waals surface area (Å²) in [5.74, 6) is -1.14. The lowest BCUT2D eigenvalue weighted by Gasteiger charge is -2.34. The third-order valence-electron chi connectivity index (χ3n) is 3.11. The van der Waals surface area contributed by atoms with Crippen LogP contribution < -0.4 is 5.32 Å². The first-order chi connectivity index (χ1) is 9.52. The molecule has 20 heavy (non-hydrogen) atoms. The summed E-state index contributed by atoms with van der Waals surface area (Å²) < 4.78 is 5.19. The molecule has 0 radical (unpaired) electrons. The standard InChI is InChI=1S/C12H17N3O5/c1-7-4-9(10(13-7)11(17)18)14-12(19)15-2-3-20-6-8(15)5-16/h4,8,13,16H,2-3,5-6H2,1H3,(H,14,19)(H,17,18). The lowest BCUT2D eigenvalue weighted by atomic mass is 10.2. The number of amides is 2. The van der Waals surface area contributed by atoms with Gasteiger partial charge in [-0.3, -0.25) is 0 Å². The second-order valence-electron chi connectivity index (χ2n) is 4.58. The predicted octanol–water partition coefficient (Wildman–Crippen LogP) is 0.246. The van der Waals surface area contributed by atoms with Crippen LogP contribution in [0.4, 0.5) is 10.5 Å². The number of carbonyl (C=O) groups is 2. The number of rotatable bonds is 3. The number of nitrogens with one attached hydrogen (secondary N) is 2. The number of aromatic nitrogens is 1. The van der Waals surface area contributed by atoms with Gasteiger partial charge in [0.15, 0.2) is 0 Å². The van der Waals surface area contributed by atoms with Crippen LogP contribution >= 0.6 is 0 Å². The van der Waals surface area contributed by atoms with Gasteiger partial charge in [0, 0.05) is 12.2 Å². The Morgan fingerprint density at radius 3 is 3.00 bits per heavy atom. The Bertz CT molecular complexity index is 513. The molecule has 2 amide bonds. The molecule has 1 aromatic rings. The molecular formula is C12H17N3O5. The number of urea groups is 1. The van der Waals surface area contributed by atoms with Crippen LogP contribution in [-0.2, 0) is 4.74 Å². The van der Waals surface area contributed by atoms with Crippen LogP contribution in [-0.4, -0.2) is 64.5 Å². The van der Waals surface area contributed by atoms with E-state index in [9.17, 15) is 14.7 Å². The van der Waals surface area contributed by atoms with Gasteiger partial charge >= 0.3 is 12.0 Å². The van der Waals surface area contributed by atoms with Crippen molar-refractivity contribution in [2.75, 3.05) is 31.7 Å². The average Bonchev–Trinajstić information content (AvgIpc) is 2.79. The summed E-state index contributed by atoms with van der Waals surface area (Å²) in [7, 11) is 0. The highest BCUT2D eigenvalue weighted by Crippen LogP contribution is 2.18. The van der Waals surface area contributed by atoms with Gasteiger partial charge < -0.3 is 30.2 Å². The number of carboxylic acid groups (broad SMARTS) is 1. The molecule has 1 aromatic heterocycles. The Balaban J connectivity index is 2.12. The molecule has 1 unspecified atom stereocenters. The summed E-state index contributed by atoms with van der Waals surface area (Å²) in [5, 5.41) is 20.8. The van der Waals surface area contributed by atoms with E-state index in [1.165, 1.54) is 4.90 Å². The van der Waals surface area contributed by atoms with E-state index in [2.05, 4.69) is 10.3 Å². The molecule has 4 N–H and O–H groups in total. The summed E-state index contributed by atoms with van der Waals surface area (Å²) in [6, 6.07) is 0.682. The van der Waals surface area contributed by atoms with Gasteiger partial charge in [-0.15, -0.1) is 0 Å². The van der Waals surface area contributed by atoms with Gasteiger partial charge in [0.25, 0.3) is 0 Å². The van der Waals surface area contributed by atoms with Gasteiger partial charge in [-0.2, -0.15) is 0 Å². The van der Waals surface area contributed by atoms with Crippen molar-refractivity contribution in [2.45, 2.75) is 13.0 Å². The number of anilines is 1. The number of morpholine rings is 1. The molecule has 0 spiro atoms. The number of aliphatic hydroxyl groups is 1. The van der Waals surface area contributed by atoms with E-state index < -0.39 is 18.0 Å². The highest BCUT2D eigenvalue weighted by molar-refractivity contribution is 5.99. The highest BCUT2D eigenvalue weighted by Gasteiger charge is 2.27. The van der Waals surface area contributed by atoms with Crippen LogP contribution in [0, 0.1) is 6.92 Å². The Morgan fingerprint density at radius 2 is 2.35 bits per heavy atom. The summed E-state index contributed by atoms with van der Waals surface area (Å²) in [5.41, 5.74) is 0.784. The third kappa shape index (κ3) is 2.91. The van der Waals surface area contributed by atoms with E-state index in [1.54, 1.807) is 13.0 Å². The first-order valence-electron chi connectivity index (χ1n) is 6.22. The fourth-order valence-electron chi connectivity index (χ4n) is 2.12. The number of aliphatic hydroxyl groups excluding tert-OH is 1.